The molecule has 29 heavy (non-hydrogen) atoms. The predicted octanol–water partition coefficient (Wildman–Crippen LogP) is 2.72. The van der Waals surface area contributed by atoms with Crippen LogP contribution in [0.1, 0.15) is 18.7 Å². The summed E-state index contributed by atoms with van der Waals surface area (Å²) in [5.41, 5.74) is 2.19. The second-order valence-electron chi connectivity index (χ2n) is 7.04. The Bertz CT molecular complexity index is 917. The molecule has 2 N–H and O–H groups in total. The average Bonchev–Trinajstić information content (AvgIpc) is 3.17. The van der Waals surface area contributed by atoms with Gasteiger partial charge in [-0.3, -0.25) is 9.39 Å². The van der Waals surface area contributed by atoms with Gasteiger partial charge in [0.05, 0.1) is 0 Å². The first-order valence-corrected chi connectivity index (χ1v) is 9.89. The zero-order chi connectivity index (χ0) is 19.2. The SMILES string of the molecule is CN=C(NCCc1nnc2ccccn12)NC1CCN(c2ccccc2)CC1.I. The van der Waals surface area contributed by atoms with Gasteiger partial charge in [0.1, 0.15) is 5.82 Å². The number of pyridine rings is 1. The monoisotopic (exact) mass is 505 g/mol. The van der Waals surface area contributed by atoms with Crippen molar-refractivity contribution in [3.63, 3.8) is 0 Å². The fourth-order valence-electron chi connectivity index (χ4n) is 3.66. The van der Waals surface area contributed by atoms with Gasteiger partial charge in [0.25, 0.3) is 0 Å². The van der Waals surface area contributed by atoms with E-state index in [1.807, 2.05) is 35.8 Å². The van der Waals surface area contributed by atoms with E-state index in [9.17, 15) is 0 Å². The number of guanidine groups is 1. The Hall–Kier alpha value is -2.36. The summed E-state index contributed by atoms with van der Waals surface area (Å²) >= 11 is 0. The molecule has 1 aromatic carbocycles. The van der Waals surface area contributed by atoms with E-state index < -0.39 is 0 Å². The highest BCUT2D eigenvalue weighted by atomic mass is 127. The molecule has 0 saturated carbocycles. The molecule has 8 heteroatoms. The molecular formula is C21H28IN7. The Morgan fingerprint density at radius 3 is 2.59 bits per heavy atom. The number of aliphatic imine (C=N–C) groups is 1. The Balaban J connectivity index is 0.00000240. The van der Waals surface area contributed by atoms with Gasteiger partial charge in [0, 0.05) is 51.0 Å². The molecule has 1 fully saturated rings. The molecule has 4 rings (SSSR count). The van der Waals surface area contributed by atoms with Crippen LogP contribution in [0.15, 0.2) is 59.7 Å². The van der Waals surface area contributed by atoms with E-state index >= 15 is 0 Å². The molecule has 3 aromatic rings. The molecule has 1 aliphatic heterocycles. The molecule has 1 aliphatic rings. The van der Waals surface area contributed by atoms with Crippen LogP contribution in [-0.2, 0) is 6.42 Å². The van der Waals surface area contributed by atoms with Gasteiger partial charge in [-0.2, -0.15) is 0 Å². The third-order valence-electron chi connectivity index (χ3n) is 5.21. The zero-order valence-electron chi connectivity index (χ0n) is 16.7. The Labute approximate surface area is 188 Å². The highest BCUT2D eigenvalue weighted by molar-refractivity contribution is 14.0. The molecule has 0 radical (unpaired) electrons. The first kappa shape index (κ1) is 21.4. The molecule has 0 atom stereocenters. The van der Waals surface area contributed by atoms with E-state index in [1.165, 1.54) is 5.69 Å². The number of benzene rings is 1. The Kier molecular flexibility index (Phi) is 7.68. The van der Waals surface area contributed by atoms with Crippen LogP contribution in [0.4, 0.5) is 5.69 Å². The lowest BCUT2D eigenvalue weighted by Crippen LogP contribution is -2.49. The highest BCUT2D eigenvalue weighted by Gasteiger charge is 2.20. The van der Waals surface area contributed by atoms with Crippen molar-refractivity contribution in [2.45, 2.75) is 25.3 Å². The number of para-hydroxylation sites is 1. The summed E-state index contributed by atoms with van der Waals surface area (Å²) in [6, 6.07) is 17.0. The number of hydrogen-bond donors (Lipinski definition) is 2. The minimum absolute atomic E-state index is 0. The summed E-state index contributed by atoms with van der Waals surface area (Å²) in [4.78, 5) is 6.83. The maximum atomic E-state index is 4.38. The number of fused-ring (bicyclic) bond motifs is 1. The van der Waals surface area contributed by atoms with Gasteiger partial charge in [-0.25, -0.2) is 0 Å². The molecule has 1 saturated heterocycles. The largest absolute Gasteiger partial charge is 0.371 e. The maximum Gasteiger partial charge on any atom is 0.191 e. The van der Waals surface area contributed by atoms with Gasteiger partial charge >= 0.3 is 0 Å². The molecule has 0 spiro atoms. The van der Waals surface area contributed by atoms with Crippen molar-refractivity contribution in [2.24, 2.45) is 4.99 Å². The Morgan fingerprint density at radius 2 is 1.83 bits per heavy atom. The molecule has 0 unspecified atom stereocenters. The summed E-state index contributed by atoms with van der Waals surface area (Å²) in [6.45, 7) is 2.88. The fourth-order valence-corrected chi connectivity index (χ4v) is 3.66. The summed E-state index contributed by atoms with van der Waals surface area (Å²) in [5, 5.41) is 15.4. The summed E-state index contributed by atoms with van der Waals surface area (Å²) in [7, 11) is 1.82. The third-order valence-corrected chi connectivity index (χ3v) is 5.21. The molecule has 3 heterocycles. The van der Waals surface area contributed by atoms with E-state index in [4.69, 9.17) is 0 Å². The number of aromatic nitrogens is 3. The van der Waals surface area contributed by atoms with E-state index in [0.717, 1.165) is 56.3 Å². The molecule has 0 amide bonds. The normalized spacial score (nSPS) is 15.2. The topological polar surface area (TPSA) is 69.8 Å². The van der Waals surface area contributed by atoms with Crippen molar-refractivity contribution in [3.8, 4) is 0 Å². The number of anilines is 1. The standard InChI is InChI=1S/C21H27N7.HI/c1-22-21(23-13-10-20-26-25-19-9-5-6-14-28(19)20)24-17-11-15-27(16-12-17)18-7-3-2-4-8-18;/h2-9,14,17H,10-13,15-16H2,1H3,(H2,22,23,24);1H. The van der Waals surface area contributed by atoms with Crippen LogP contribution in [0.25, 0.3) is 5.65 Å². The third kappa shape index (κ3) is 5.37. The molecule has 154 valence electrons. The number of nitrogens with zero attached hydrogens (tertiary/aromatic N) is 5. The maximum absolute atomic E-state index is 4.38. The van der Waals surface area contributed by atoms with Crippen LogP contribution in [0.2, 0.25) is 0 Å². The minimum atomic E-state index is 0. The van der Waals surface area contributed by atoms with Crippen LogP contribution >= 0.6 is 24.0 Å². The van der Waals surface area contributed by atoms with Crippen molar-refractivity contribution in [1.29, 1.82) is 0 Å². The number of piperidine rings is 1. The van der Waals surface area contributed by atoms with Crippen molar-refractivity contribution in [3.05, 3.63) is 60.6 Å². The lowest BCUT2D eigenvalue weighted by atomic mass is 10.0. The zero-order valence-corrected chi connectivity index (χ0v) is 19.0. The van der Waals surface area contributed by atoms with E-state index in [2.05, 4.69) is 61.1 Å². The predicted molar refractivity (Wildman–Crippen MR) is 128 cm³/mol. The van der Waals surface area contributed by atoms with Crippen molar-refractivity contribution >= 4 is 41.3 Å². The summed E-state index contributed by atoms with van der Waals surface area (Å²) in [6.07, 6.45) is 4.99. The molecule has 0 bridgehead atoms. The number of nitrogens with one attached hydrogen (secondary N) is 2. The number of hydrogen-bond acceptors (Lipinski definition) is 4. The van der Waals surface area contributed by atoms with E-state index in [-0.39, 0.29) is 24.0 Å². The van der Waals surface area contributed by atoms with Crippen LogP contribution in [0, 0.1) is 0 Å². The van der Waals surface area contributed by atoms with Gasteiger partial charge in [-0.1, -0.05) is 24.3 Å². The quantitative estimate of drug-likeness (QED) is 0.317. The van der Waals surface area contributed by atoms with Gasteiger partial charge in [-0.15, -0.1) is 34.2 Å². The number of halogens is 1. The highest BCUT2D eigenvalue weighted by Crippen LogP contribution is 2.19. The first-order chi connectivity index (χ1) is 13.8. The Morgan fingerprint density at radius 1 is 1.07 bits per heavy atom. The second-order valence-corrected chi connectivity index (χ2v) is 7.04. The molecule has 2 aromatic heterocycles. The van der Waals surface area contributed by atoms with Gasteiger partial charge < -0.3 is 15.5 Å². The van der Waals surface area contributed by atoms with Gasteiger partial charge in [-0.05, 0) is 37.1 Å². The molecule has 7 nitrogen and oxygen atoms in total. The summed E-state index contributed by atoms with van der Waals surface area (Å²) < 4.78 is 2.02. The van der Waals surface area contributed by atoms with Crippen molar-refractivity contribution in [2.75, 3.05) is 31.6 Å². The lowest BCUT2D eigenvalue weighted by Gasteiger charge is -2.34. The van der Waals surface area contributed by atoms with Crippen molar-refractivity contribution in [1.82, 2.24) is 25.2 Å². The van der Waals surface area contributed by atoms with E-state index in [0.29, 0.717) is 6.04 Å². The van der Waals surface area contributed by atoms with E-state index in [1.54, 1.807) is 0 Å². The first-order valence-electron chi connectivity index (χ1n) is 9.89. The van der Waals surface area contributed by atoms with Gasteiger partial charge in [0.15, 0.2) is 11.6 Å². The van der Waals surface area contributed by atoms with Crippen LogP contribution in [0.5, 0.6) is 0 Å². The van der Waals surface area contributed by atoms with Gasteiger partial charge in [0.2, 0.25) is 0 Å². The van der Waals surface area contributed by atoms with Crippen molar-refractivity contribution < 1.29 is 0 Å². The average molecular weight is 505 g/mol. The van der Waals surface area contributed by atoms with Crippen LogP contribution < -0.4 is 15.5 Å². The number of rotatable bonds is 5. The molecular weight excluding hydrogens is 477 g/mol. The smallest absolute Gasteiger partial charge is 0.191 e. The minimum Gasteiger partial charge on any atom is -0.371 e. The molecule has 0 aliphatic carbocycles. The van der Waals surface area contributed by atoms with Crippen LogP contribution in [0.3, 0.4) is 0 Å². The lowest BCUT2D eigenvalue weighted by molar-refractivity contribution is 0.461. The fraction of sp³-hybridized carbons (Fsp3) is 0.381. The summed E-state index contributed by atoms with van der Waals surface area (Å²) in [5.74, 6) is 1.81. The van der Waals surface area contributed by atoms with Crippen LogP contribution in [-0.4, -0.2) is 53.3 Å². The second kappa shape index (κ2) is 10.4.